The Morgan fingerprint density at radius 2 is 1.80 bits per heavy atom. The van der Waals surface area contributed by atoms with Crippen LogP contribution in [0.1, 0.15) is 66.1 Å². The molecule has 1 aromatic heterocycles. The van der Waals surface area contributed by atoms with Gasteiger partial charge in [-0.2, -0.15) is 0 Å². The fourth-order valence-electron chi connectivity index (χ4n) is 5.90. The van der Waals surface area contributed by atoms with Crippen molar-refractivity contribution in [3.05, 3.63) is 69.1 Å². The maximum atomic E-state index is 14.4. The van der Waals surface area contributed by atoms with Gasteiger partial charge in [0.15, 0.2) is 0 Å². The van der Waals surface area contributed by atoms with Gasteiger partial charge in [0.2, 0.25) is 0 Å². The highest BCUT2D eigenvalue weighted by atomic mass is 35.5. The number of carbonyl (C=O) groups is 2. The molecule has 2 aliphatic heterocycles. The second-order valence-electron chi connectivity index (χ2n) is 10.6. The number of carbonyl (C=O) groups excluding carboxylic acids is 2. The second-order valence-corrected chi connectivity index (χ2v) is 11.4. The first-order valence-corrected chi connectivity index (χ1v) is 14.1. The van der Waals surface area contributed by atoms with Crippen LogP contribution in [0.3, 0.4) is 0 Å². The number of urea groups is 1. The van der Waals surface area contributed by atoms with Crippen molar-refractivity contribution in [2.24, 2.45) is 0 Å². The molecule has 2 bridgehead atoms. The van der Waals surface area contributed by atoms with Crippen molar-refractivity contribution in [2.45, 2.75) is 69.2 Å². The van der Waals surface area contributed by atoms with Gasteiger partial charge in [-0.05, 0) is 68.9 Å². The van der Waals surface area contributed by atoms with Gasteiger partial charge >= 0.3 is 12.0 Å². The van der Waals surface area contributed by atoms with Crippen LogP contribution in [0.15, 0.2) is 40.9 Å². The Bertz CT molecular complexity index is 1430. The molecule has 11 heteroatoms. The van der Waals surface area contributed by atoms with Crippen molar-refractivity contribution < 1.29 is 28.0 Å². The van der Waals surface area contributed by atoms with Gasteiger partial charge in [0, 0.05) is 34.8 Å². The predicted octanol–water partition coefficient (Wildman–Crippen LogP) is 7.20. The molecule has 210 valence electrons. The largest absolute Gasteiger partial charge is 0.465 e. The lowest BCUT2D eigenvalue weighted by Crippen LogP contribution is -2.50. The number of hydrogen-bond donors (Lipinski definition) is 1. The lowest BCUT2D eigenvalue weighted by atomic mass is 9.99. The molecular weight excluding hydrogens is 560 g/mol. The van der Waals surface area contributed by atoms with Crippen LogP contribution in [0.4, 0.5) is 14.9 Å². The molecule has 1 saturated carbocycles. The highest BCUT2D eigenvalue weighted by Crippen LogP contribution is 2.46. The highest BCUT2D eigenvalue weighted by Gasteiger charge is 2.44. The summed E-state index contributed by atoms with van der Waals surface area (Å²) in [6, 6.07) is 8.98. The Morgan fingerprint density at radius 3 is 2.42 bits per heavy atom. The van der Waals surface area contributed by atoms with E-state index < -0.39 is 11.8 Å². The summed E-state index contributed by atoms with van der Waals surface area (Å²) in [7, 11) is 1.19. The zero-order valence-corrected chi connectivity index (χ0v) is 23.3. The molecule has 3 heterocycles. The average Bonchev–Trinajstić information content (AvgIpc) is 3.63. The summed E-state index contributed by atoms with van der Waals surface area (Å²) >= 11 is 13.0. The number of amides is 2. The maximum absolute atomic E-state index is 14.4. The first-order valence-electron chi connectivity index (χ1n) is 13.4. The SMILES string of the molecule is COC(=O)c1ccc(NC(=O)N2C3CCC2CC(OCc2c(-c4c(Cl)cccc4Cl)noc2C2CC2)C3)cc1F. The lowest BCUT2D eigenvalue weighted by molar-refractivity contribution is -0.0158. The fraction of sp³-hybridized carbons (Fsp3) is 0.414. The molecule has 40 heavy (non-hydrogen) atoms. The van der Waals surface area contributed by atoms with Gasteiger partial charge in [-0.25, -0.2) is 14.0 Å². The number of nitrogens with one attached hydrogen (secondary N) is 1. The van der Waals surface area contributed by atoms with Gasteiger partial charge in [0.1, 0.15) is 17.3 Å². The van der Waals surface area contributed by atoms with Gasteiger partial charge in [-0.3, -0.25) is 0 Å². The number of nitrogens with zero attached hydrogens (tertiary/aromatic N) is 2. The van der Waals surface area contributed by atoms with E-state index in [1.807, 2.05) is 4.90 Å². The van der Waals surface area contributed by atoms with Gasteiger partial charge < -0.3 is 24.2 Å². The molecular formula is C29H28Cl2FN3O5. The number of rotatable bonds is 7. The van der Waals surface area contributed by atoms with Gasteiger partial charge in [0.25, 0.3) is 0 Å². The third kappa shape index (κ3) is 5.18. The van der Waals surface area contributed by atoms with E-state index in [1.54, 1.807) is 18.2 Å². The number of methoxy groups -OCH3 is 1. The fourth-order valence-corrected chi connectivity index (χ4v) is 6.48. The summed E-state index contributed by atoms with van der Waals surface area (Å²) in [5.74, 6) is -0.366. The minimum atomic E-state index is -0.770. The molecule has 6 rings (SSSR count). The van der Waals surface area contributed by atoms with Crippen molar-refractivity contribution in [2.75, 3.05) is 12.4 Å². The maximum Gasteiger partial charge on any atom is 0.340 e. The molecule has 0 spiro atoms. The second kappa shape index (κ2) is 11.0. The Morgan fingerprint density at radius 1 is 1.10 bits per heavy atom. The van der Waals surface area contributed by atoms with Crippen molar-refractivity contribution >= 4 is 40.9 Å². The summed E-state index contributed by atoms with van der Waals surface area (Å²) in [6.07, 6.45) is 5.16. The quantitative estimate of drug-likeness (QED) is 0.294. The van der Waals surface area contributed by atoms with Gasteiger partial charge in [-0.15, -0.1) is 0 Å². The average molecular weight is 588 g/mol. The Hall–Kier alpha value is -3.14. The molecule has 8 nitrogen and oxygen atoms in total. The minimum absolute atomic E-state index is 0.00537. The summed E-state index contributed by atoms with van der Waals surface area (Å²) in [5.41, 5.74) is 2.22. The summed E-state index contributed by atoms with van der Waals surface area (Å²) < 4.78 is 31.1. The molecule has 2 atom stereocenters. The summed E-state index contributed by atoms with van der Waals surface area (Å²) in [4.78, 5) is 26.7. The number of aromatic nitrogens is 1. The number of piperidine rings is 1. The molecule has 1 N–H and O–H groups in total. The molecule has 3 fully saturated rings. The number of halogens is 3. The molecule has 1 aliphatic carbocycles. The minimum Gasteiger partial charge on any atom is -0.465 e. The Kier molecular flexibility index (Phi) is 7.46. The molecule has 2 amide bonds. The van der Waals surface area contributed by atoms with E-state index in [0.717, 1.165) is 43.1 Å². The zero-order chi connectivity index (χ0) is 28.0. The third-order valence-corrected chi connectivity index (χ3v) is 8.61. The Balaban J connectivity index is 1.13. The van der Waals surface area contributed by atoms with Gasteiger partial charge in [0.05, 0.1) is 35.4 Å². The normalized spacial score (nSPS) is 21.9. The van der Waals surface area contributed by atoms with Crippen LogP contribution in [-0.4, -0.2) is 47.4 Å². The van der Waals surface area contributed by atoms with Crippen molar-refractivity contribution in [3.8, 4) is 11.3 Å². The van der Waals surface area contributed by atoms with Crippen molar-refractivity contribution in [3.63, 3.8) is 0 Å². The monoisotopic (exact) mass is 587 g/mol. The standard InChI is InChI=1S/C29H28Cl2FN3O5/c1-38-28(36)20-10-7-16(11-24(20)32)33-29(37)35-17-8-9-18(35)13-19(12-17)39-14-21-26(34-40-27(21)15-5-6-15)25-22(30)3-2-4-23(25)31/h2-4,7,10-11,15,17-19H,5-6,8-9,12-14H2,1H3,(H,33,37). The molecule has 3 aromatic rings. The van der Waals surface area contributed by atoms with Crippen LogP contribution in [0.5, 0.6) is 0 Å². The van der Waals surface area contributed by atoms with E-state index >= 15 is 0 Å². The van der Waals surface area contributed by atoms with Crippen LogP contribution in [0, 0.1) is 5.82 Å². The van der Waals surface area contributed by atoms with E-state index in [0.29, 0.717) is 46.7 Å². The highest BCUT2D eigenvalue weighted by molar-refractivity contribution is 6.39. The van der Waals surface area contributed by atoms with Gasteiger partial charge in [-0.1, -0.05) is 34.4 Å². The first-order chi connectivity index (χ1) is 19.3. The third-order valence-electron chi connectivity index (χ3n) is 7.98. The van der Waals surface area contributed by atoms with E-state index in [-0.39, 0.29) is 35.5 Å². The molecule has 2 unspecified atom stereocenters. The molecule has 0 radical (unpaired) electrons. The van der Waals surface area contributed by atoms with Crippen molar-refractivity contribution in [1.82, 2.24) is 10.1 Å². The van der Waals surface area contributed by atoms with Crippen LogP contribution in [-0.2, 0) is 16.1 Å². The van der Waals surface area contributed by atoms with Crippen molar-refractivity contribution in [1.29, 1.82) is 0 Å². The smallest absolute Gasteiger partial charge is 0.340 e. The summed E-state index contributed by atoms with van der Waals surface area (Å²) in [5, 5.41) is 8.12. The first kappa shape index (κ1) is 27.1. The number of esters is 1. The van der Waals surface area contributed by atoms with Crippen LogP contribution in [0.25, 0.3) is 11.3 Å². The summed E-state index contributed by atoms with van der Waals surface area (Å²) in [6.45, 7) is 0.314. The topological polar surface area (TPSA) is 93.9 Å². The molecule has 2 aromatic carbocycles. The zero-order valence-electron chi connectivity index (χ0n) is 21.8. The van der Waals surface area contributed by atoms with Crippen LogP contribution < -0.4 is 5.32 Å². The Labute approximate surface area is 240 Å². The number of benzene rings is 2. The van der Waals surface area contributed by atoms with Crippen LogP contribution >= 0.6 is 23.2 Å². The van der Waals surface area contributed by atoms with E-state index in [9.17, 15) is 14.0 Å². The number of anilines is 1. The van der Waals surface area contributed by atoms with E-state index in [1.165, 1.54) is 19.2 Å². The van der Waals surface area contributed by atoms with E-state index in [2.05, 4.69) is 15.2 Å². The molecule has 3 aliphatic rings. The molecule has 2 saturated heterocycles. The lowest BCUT2D eigenvalue weighted by Gasteiger charge is -2.38. The predicted molar refractivity (Wildman–Crippen MR) is 147 cm³/mol. The van der Waals surface area contributed by atoms with E-state index in [4.69, 9.17) is 32.5 Å². The number of fused-ring (bicyclic) bond motifs is 2. The van der Waals surface area contributed by atoms with Crippen LogP contribution in [0.2, 0.25) is 10.0 Å². The number of hydrogen-bond acceptors (Lipinski definition) is 6. The number of ether oxygens (including phenoxy) is 2.